The minimum atomic E-state index is 0.0230. The molecular formula is C32H40N4O. The van der Waals surface area contributed by atoms with E-state index in [0.29, 0.717) is 12.0 Å². The zero-order valence-corrected chi connectivity index (χ0v) is 22.6. The van der Waals surface area contributed by atoms with Crippen molar-refractivity contribution in [1.29, 1.82) is 0 Å². The maximum Gasteiger partial charge on any atom is 0.131 e. The van der Waals surface area contributed by atoms with E-state index in [4.69, 9.17) is 9.97 Å². The lowest BCUT2D eigenvalue weighted by Gasteiger charge is -2.50. The molecule has 0 bridgehead atoms. The molecule has 0 spiro atoms. The van der Waals surface area contributed by atoms with Crippen LogP contribution in [0.15, 0.2) is 43.0 Å². The Kier molecular flexibility index (Phi) is 6.32. The average Bonchev–Trinajstić information content (AvgIpc) is 3.81. The van der Waals surface area contributed by atoms with Crippen LogP contribution in [0, 0.1) is 12.8 Å². The first-order valence-electron chi connectivity index (χ1n) is 14.1. The van der Waals surface area contributed by atoms with E-state index in [1.165, 1.54) is 53.9 Å². The molecule has 2 aliphatic carbocycles. The van der Waals surface area contributed by atoms with Gasteiger partial charge in [0, 0.05) is 54.7 Å². The molecule has 194 valence electrons. The topological polar surface area (TPSA) is 52.5 Å². The van der Waals surface area contributed by atoms with E-state index in [1.807, 2.05) is 12.1 Å². The fourth-order valence-electron chi connectivity index (χ4n) is 6.31. The Balaban J connectivity index is 1.34. The standard InChI is InChI=1S/C32H40N4O/c1-5-26-13-12-22-6-11-25(19-28(22)33-26)27-18-21(2)31(34-30(27)24-9-10-24)35-15-16-36(32(3,4)14-17-37)29(20-35)23-7-8-23/h5-6,11-13,18-19,23-24,29,37H,1,7-10,14-17,20H2,2-4H3. The fourth-order valence-corrected chi connectivity index (χ4v) is 6.31. The lowest BCUT2D eigenvalue weighted by molar-refractivity contribution is 0.0298. The molecule has 37 heavy (non-hydrogen) atoms. The van der Waals surface area contributed by atoms with Crippen LogP contribution in [-0.4, -0.2) is 57.8 Å². The van der Waals surface area contributed by atoms with Gasteiger partial charge in [0.25, 0.3) is 0 Å². The van der Waals surface area contributed by atoms with E-state index < -0.39 is 0 Å². The Morgan fingerprint density at radius 2 is 1.84 bits per heavy atom. The van der Waals surface area contributed by atoms with Gasteiger partial charge in [0.2, 0.25) is 0 Å². The van der Waals surface area contributed by atoms with Crippen LogP contribution < -0.4 is 4.90 Å². The highest BCUT2D eigenvalue weighted by Gasteiger charge is 2.44. The number of hydrogen-bond donors (Lipinski definition) is 1. The molecule has 6 rings (SSSR count). The third kappa shape index (κ3) is 4.80. The van der Waals surface area contributed by atoms with Crippen molar-refractivity contribution >= 4 is 22.8 Å². The monoisotopic (exact) mass is 496 g/mol. The van der Waals surface area contributed by atoms with Crippen molar-refractivity contribution in [2.24, 2.45) is 5.92 Å². The summed E-state index contributed by atoms with van der Waals surface area (Å²) in [4.78, 5) is 15.4. The SMILES string of the molecule is C=Cc1ccc2ccc(-c3cc(C)c(N4CCN(C(C)(C)CCO)C(C5CC5)C4)nc3C3CC3)cc2n1. The summed E-state index contributed by atoms with van der Waals surface area (Å²) in [6.45, 7) is 14.0. The third-order valence-electron chi connectivity index (χ3n) is 8.80. The van der Waals surface area contributed by atoms with E-state index >= 15 is 0 Å². The summed E-state index contributed by atoms with van der Waals surface area (Å²) in [6, 6.07) is 13.7. The van der Waals surface area contributed by atoms with E-state index in [2.05, 4.69) is 67.5 Å². The number of fused-ring (bicyclic) bond motifs is 1. The van der Waals surface area contributed by atoms with Crippen LogP contribution in [-0.2, 0) is 0 Å². The highest BCUT2D eigenvalue weighted by atomic mass is 16.3. The first-order valence-corrected chi connectivity index (χ1v) is 14.1. The molecule has 1 atom stereocenters. The van der Waals surface area contributed by atoms with E-state index in [9.17, 15) is 5.11 Å². The second-order valence-electron chi connectivity index (χ2n) is 12.0. The van der Waals surface area contributed by atoms with Crippen molar-refractivity contribution < 1.29 is 5.11 Å². The van der Waals surface area contributed by atoms with Crippen LogP contribution in [0.5, 0.6) is 0 Å². The van der Waals surface area contributed by atoms with Crippen LogP contribution >= 0.6 is 0 Å². The maximum absolute atomic E-state index is 9.68. The van der Waals surface area contributed by atoms with Crippen molar-refractivity contribution in [1.82, 2.24) is 14.9 Å². The number of anilines is 1. The molecule has 0 amide bonds. The normalized spacial score (nSPS) is 21.0. The molecule has 1 aliphatic heterocycles. The third-order valence-corrected chi connectivity index (χ3v) is 8.80. The molecule has 1 unspecified atom stereocenters. The Morgan fingerprint density at radius 1 is 1.05 bits per heavy atom. The zero-order valence-electron chi connectivity index (χ0n) is 22.6. The molecular weight excluding hydrogens is 456 g/mol. The number of pyridine rings is 2. The number of aromatic nitrogens is 2. The summed E-state index contributed by atoms with van der Waals surface area (Å²) in [6.07, 6.45) is 7.73. The summed E-state index contributed by atoms with van der Waals surface area (Å²) < 4.78 is 0. The summed E-state index contributed by atoms with van der Waals surface area (Å²) in [5, 5.41) is 10.8. The quantitative estimate of drug-likeness (QED) is 0.403. The molecule has 1 N–H and O–H groups in total. The molecule has 0 radical (unpaired) electrons. The summed E-state index contributed by atoms with van der Waals surface area (Å²) >= 11 is 0. The molecule has 1 saturated heterocycles. The Labute approximate surface area is 221 Å². The van der Waals surface area contributed by atoms with Crippen LogP contribution in [0.25, 0.3) is 28.1 Å². The van der Waals surface area contributed by atoms with Crippen molar-refractivity contribution in [3.05, 3.63) is 59.9 Å². The van der Waals surface area contributed by atoms with Gasteiger partial charge >= 0.3 is 0 Å². The van der Waals surface area contributed by atoms with Gasteiger partial charge in [-0.25, -0.2) is 9.97 Å². The first kappa shape index (κ1) is 24.6. The molecule has 5 nitrogen and oxygen atoms in total. The van der Waals surface area contributed by atoms with Crippen molar-refractivity contribution in [2.45, 2.75) is 70.4 Å². The van der Waals surface area contributed by atoms with Crippen molar-refractivity contribution in [2.75, 3.05) is 31.1 Å². The molecule has 2 saturated carbocycles. The molecule has 3 heterocycles. The van der Waals surface area contributed by atoms with Crippen LogP contribution in [0.2, 0.25) is 0 Å². The predicted molar refractivity (Wildman–Crippen MR) is 153 cm³/mol. The van der Waals surface area contributed by atoms with Gasteiger partial charge in [-0.2, -0.15) is 0 Å². The number of hydrogen-bond acceptors (Lipinski definition) is 5. The van der Waals surface area contributed by atoms with E-state index in [-0.39, 0.29) is 12.1 Å². The van der Waals surface area contributed by atoms with Gasteiger partial charge in [-0.1, -0.05) is 24.8 Å². The largest absolute Gasteiger partial charge is 0.396 e. The van der Waals surface area contributed by atoms with E-state index in [1.54, 1.807) is 0 Å². The number of rotatable bonds is 8. The molecule has 3 fully saturated rings. The second-order valence-corrected chi connectivity index (χ2v) is 12.0. The predicted octanol–water partition coefficient (Wildman–Crippen LogP) is 6.19. The number of aliphatic hydroxyl groups is 1. The first-order chi connectivity index (χ1) is 17.9. The van der Waals surface area contributed by atoms with Gasteiger partial charge in [0.1, 0.15) is 5.82 Å². The number of aliphatic hydroxyl groups excluding tert-OH is 1. The van der Waals surface area contributed by atoms with Crippen LogP contribution in [0.4, 0.5) is 5.82 Å². The molecule has 2 aromatic heterocycles. The zero-order chi connectivity index (χ0) is 25.7. The molecule has 3 aliphatic rings. The summed E-state index contributed by atoms with van der Waals surface area (Å²) in [5.74, 6) is 2.50. The Bertz CT molecular complexity index is 1320. The van der Waals surface area contributed by atoms with Gasteiger partial charge in [0.05, 0.1) is 16.9 Å². The lowest BCUT2D eigenvalue weighted by atomic mass is 9.92. The minimum absolute atomic E-state index is 0.0230. The maximum atomic E-state index is 9.68. The van der Waals surface area contributed by atoms with Crippen molar-refractivity contribution in [3.63, 3.8) is 0 Å². The fraction of sp³-hybridized carbons (Fsp3) is 0.500. The highest BCUT2D eigenvalue weighted by Crippen LogP contribution is 2.46. The smallest absolute Gasteiger partial charge is 0.131 e. The van der Waals surface area contributed by atoms with Gasteiger partial charge in [-0.05, 0) is 94.2 Å². The number of benzene rings is 1. The Morgan fingerprint density at radius 3 is 2.54 bits per heavy atom. The van der Waals surface area contributed by atoms with Gasteiger partial charge < -0.3 is 10.0 Å². The average molecular weight is 497 g/mol. The molecule has 1 aromatic carbocycles. The van der Waals surface area contributed by atoms with Crippen LogP contribution in [0.1, 0.15) is 68.8 Å². The number of nitrogens with zero attached hydrogens (tertiary/aromatic N) is 4. The molecule has 3 aromatic rings. The van der Waals surface area contributed by atoms with Gasteiger partial charge in [0.15, 0.2) is 0 Å². The summed E-state index contributed by atoms with van der Waals surface area (Å²) in [5.41, 5.74) is 6.91. The van der Waals surface area contributed by atoms with Crippen LogP contribution in [0.3, 0.4) is 0 Å². The van der Waals surface area contributed by atoms with Crippen molar-refractivity contribution in [3.8, 4) is 11.1 Å². The van der Waals surface area contributed by atoms with E-state index in [0.717, 1.165) is 48.6 Å². The second kappa shape index (κ2) is 9.52. The van der Waals surface area contributed by atoms with Gasteiger partial charge in [-0.3, -0.25) is 4.90 Å². The Hall–Kier alpha value is -2.76. The lowest BCUT2D eigenvalue weighted by Crippen LogP contribution is -2.61. The minimum Gasteiger partial charge on any atom is -0.396 e. The highest BCUT2D eigenvalue weighted by molar-refractivity contribution is 5.86. The number of piperazine rings is 1. The molecule has 5 heteroatoms. The summed E-state index contributed by atoms with van der Waals surface area (Å²) in [7, 11) is 0. The number of aryl methyl sites for hydroxylation is 1. The van der Waals surface area contributed by atoms with Gasteiger partial charge in [-0.15, -0.1) is 0 Å².